The molecule has 2 rings (SSSR count). The Bertz CT molecular complexity index is 728. The lowest BCUT2D eigenvalue weighted by atomic mass is 10.0. The van der Waals surface area contributed by atoms with Crippen LogP contribution in [-0.4, -0.2) is 32.6 Å². The Morgan fingerprint density at radius 3 is 2.38 bits per heavy atom. The molecule has 0 aliphatic heterocycles. The first-order chi connectivity index (χ1) is 11.2. The van der Waals surface area contributed by atoms with Crippen LogP contribution in [0.25, 0.3) is 6.08 Å². The molecule has 0 fully saturated rings. The van der Waals surface area contributed by atoms with E-state index < -0.39 is 17.5 Å². The van der Waals surface area contributed by atoms with E-state index in [0.717, 1.165) is 6.08 Å². The Kier molecular flexibility index (Phi) is 6.14. The molecule has 1 aromatic heterocycles. The molecule has 1 aromatic carbocycles. The minimum Gasteiger partial charge on any atom is -0.376 e. The molecular formula is C15H11Cl2F3N2OS. The van der Waals surface area contributed by atoms with Gasteiger partial charge >= 0.3 is 6.18 Å². The molecule has 0 amide bonds. The van der Waals surface area contributed by atoms with E-state index in [9.17, 15) is 18.3 Å². The fourth-order valence-corrected chi connectivity index (χ4v) is 2.80. The highest BCUT2D eigenvalue weighted by atomic mass is 35.5. The zero-order valence-electron chi connectivity index (χ0n) is 12.0. The van der Waals surface area contributed by atoms with Gasteiger partial charge in [-0.05, 0) is 29.8 Å². The molecular weight excluding hydrogens is 384 g/mol. The second kappa shape index (κ2) is 7.74. The van der Waals surface area contributed by atoms with Crippen LogP contribution in [0.3, 0.4) is 0 Å². The van der Waals surface area contributed by atoms with Gasteiger partial charge in [-0.1, -0.05) is 47.1 Å². The second-order valence-corrected chi connectivity index (χ2v) is 6.51. The Balaban J connectivity index is 2.20. The maximum Gasteiger partial charge on any atom is 0.421 e. The van der Waals surface area contributed by atoms with Gasteiger partial charge in [0.05, 0.1) is 10.0 Å². The van der Waals surface area contributed by atoms with Crippen LogP contribution in [0.15, 0.2) is 47.9 Å². The van der Waals surface area contributed by atoms with E-state index in [1.54, 1.807) is 6.07 Å². The van der Waals surface area contributed by atoms with E-state index >= 15 is 0 Å². The van der Waals surface area contributed by atoms with Crippen molar-refractivity contribution in [3.63, 3.8) is 0 Å². The summed E-state index contributed by atoms with van der Waals surface area (Å²) in [4.78, 5) is 7.64. The van der Waals surface area contributed by atoms with Crippen LogP contribution in [0.5, 0.6) is 0 Å². The first-order valence-electron chi connectivity index (χ1n) is 6.54. The van der Waals surface area contributed by atoms with Gasteiger partial charge in [0.1, 0.15) is 0 Å². The van der Waals surface area contributed by atoms with E-state index in [1.807, 2.05) is 0 Å². The van der Waals surface area contributed by atoms with Crippen molar-refractivity contribution in [1.82, 2.24) is 9.97 Å². The largest absolute Gasteiger partial charge is 0.421 e. The third-order valence-corrected chi connectivity index (χ3v) is 4.74. The number of nitrogens with zero attached hydrogens (tertiary/aromatic N) is 2. The van der Waals surface area contributed by atoms with Gasteiger partial charge < -0.3 is 5.11 Å². The highest BCUT2D eigenvalue weighted by Crippen LogP contribution is 2.36. The third kappa shape index (κ3) is 4.86. The van der Waals surface area contributed by atoms with E-state index in [1.165, 1.54) is 30.6 Å². The van der Waals surface area contributed by atoms with Crippen molar-refractivity contribution in [3.05, 3.63) is 58.3 Å². The molecule has 9 heteroatoms. The summed E-state index contributed by atoms with van der Waals surface area (Å²) in [6.45, 7) is 0. The number of rotatable bonds is 5. The number of benzene rings is 1. The van der Waals surface area contributed by atoms with Gasteiger partial charge in [0.25, 0.3) is 0 Å². The molecule has 24 heavy (non-hydrogen) atoms. The summed E-state index contributed by atoms with van der Waals surface area (Å²) in [5.41, 5.74) is -2.66. The average molecular weight is 395 g/mol. The van der Waals surface area contributed by atoms with E-state index in [4.69, 9.17) is 23.2 Å². The number of hydrogen-bond acceptors (Lipinski definition) is 4. The van der Waals surface area contributed by atoms with Crippen molar-refractivity contribution in [3.8, 4) is 0 Å². The van der Waals surface area contributed by atoms with Crippen LogP contribution < -0.4 is 0 Å². The maximum atomic E-state index is 13.3. The molecule has 0 saturated heterocycles. The Labute approximate surface area is 150 Å². The molecule has 128 valence electrons. The van der Waals surface area contributed by atoms with Crippen LogP contribution >= 0.6 is 35.0 Å². The monoisotopic (exact) mass is 394 g/mol. The third-order valence-electron chi connectivity index (χ3n) is 2.95. The van der Waals surface area contributed by atoms with Gasteiger partial charge in [-0.25, -0.2) is 9.97 Å². The number of alkyl halides is 3. The lowest BCUT2D eigenvalue weighted by Gasteiger charge is -2.26. The van der Waals surface area contributed by atoms with Crippen molar-refractivity contribution in [1.29, 1.82) is 0 Å². The van der Waals surface area contributed by atoms with Crippen LogP contribution in [0.4, 0.5) is 13.2 Å². The predicted octanol–water partition coefficient (Wildman–Crippen LogP) is 4.88. The molecule has 0 saturated carbocycles. The molecule has 2 aromatic rings. The molecule has 1 N–H and O–H groups in total. The number of aliphatic hydroxyl groups is 1. The van der Waals surface area contributed by atoms with E-state index in [-0.39, 0.29) is 15.2 Å². The molecule has 0 aliphatic rings. The Hall–Kier alpha value is -1.28. The zero-order chi connectivity index (χ0) is 17.8. The fraction of sp³-hybridized carbons (Fsp3) is 0.200. The minimum atomic E-state index is -4.86. The lowest BCUT2D eigenvalue weighted by Crippen LogP contribution is -2.45. The van der Waals surface area contributed by atoms with E-state index in [0.29, 0.717) is 23.4 Å². The van der Waals surface area contributed by atoms with Crippen LogP contribution in [0.2, 0.25) is 10.0 Å². The predicted molar refractivity (Wildman–Crippen MR) is 89.3 cm³/mol. The number of halogens is 5. The molecule has 3 nitrogen and oxygen atoms in total. The standard InChI is InChI=1S/C15H11Cl2F3N2OS/c16-11-3-2-10(8-12(11)17)4-5-14(23,15(18,19)20)9-24-13-21-6-1-7-22-13/h1-8,23H,9H2/b5-4+. The Morgan fingerprint density at radius 1 is 1.12 bits per heavy atom. The molecule has 1 heterocycles. The lowest BCUT2D eigenvalue weighted by molar-refractivity contribution is -0.230. The number of aromatic nitrogens is 2. The summed E-state index contributed by atoms with van der Waals surface area (Å²) in [5.74, 6) is -0.682. The molecule has 0 radical (unpaired) electrons. The molecule has 0 spiro atoms. The zero-order valence-corrected chi connectivity index (χ0v) is 14.3. The summed E-state index contributed by atoms with van der Waals surface area (Å²) >= 11 is 12.3. The summed E-state index contributed by atoms with van der Waals surface area (Å²) < 4.78 is 39.8. The molecule has 0 bridgehead atoms. The van der Waals surface area contributed by atoms with Crippen molar-refractivity contribution in [2.45, 2.75) is 16.9 Å². The molecule has 0 aliphatic carbocycles. The highest BCUT2D eigenvalue weighted by molar-refractivity contribution is 7.99. The maximum absolute atomic E-state index is 13.3. The van der Waals surface area contributed by atoms with Crippen LogP contribution in [0, 0.1) is 0 Å². The number of thioether (sulfide) groups is 1. The second-order valence-electron chi connectivity index (χ2n) is 4.75. The summed E-state index contributed by atoms with van der Waals surface area (Å²) in [5, 5.41) is 10.7. The topological polar surface area (TPSA) is 46.0 Å². The first kappa shape index (κ1) is 19.1. The van der Waals surface area contributed by atoms with Crippen molar-refractivity contribution < 1.29 is 18.3 Å². The van der Waals surface area contributed by atoms with Gasteiger partial charge in [0.2, 0.25) is 0 Å². The van der Waals surface area contributed by atoms with Gasteiger partial charge in [-0.15, -0.1) is 0 Å². The normalized spacial score (nSPS) is 14.8. The van der Waals surface area contributed by atoms with E-state index in [2.05, 4.69) is 9.97 Å². The van der Waals surface area contributed by atoms with Gasteiger partial charge in [0.15, 0.2) is 10.8 Å². The van der Waals surface area contributed by atoms with Crippen molar-refractivity contribution >= 4 is 41.0 Å². The first-order valence-corrected chi connectivity index (χ1v) is 8.29. The van der Waals surface area contributed by atoms with Gasteiger partial charge in [-0.2, -0.15) is 13.2 Å². The minimum absolute atomic E-state index is 0.142. The summed E-state index contributed by atoms with van der Waals surface area (Å²) in [7, 11) is 0. The summed E-state index contributed by atoms with van der Waals surface area (Å²) in [6.07, 6.45) is -0.215. The molecule has 1 unspecified atom stereocenters. The van der Waals surface area contributed by atoms with Gasteiger partial charge in [0, 0.05) is 18.1 Å². The molecule has 1 atom stereocenters. The van der Waals surface area contributed by atoms with Crippen LogP contribution in [0.1, 0.15) is 5.56 Å². The fourth-order valence-electron chi connectivity index (χ4n) is 1.61. The van der Waals surface area contributed by atoms with Crippen molar-refractivity contribution in [2.75, 3.05) is 5.75 Å². The van der Waals surface area contributed by atoms with Crippen molar-refractivity contribution in [2.24, 2.45) is 0 Å². The smallest absolute Gasteiger partial charge is 0.376 e. The SMILES string of the molecule is OC(/C=C/c1ccc(Cl)c(Cl)c1)(CSc1ncccn1)C(F)(F)F. The quantitative estimate of drug-likeness (QED) is 0.579. The summed E-state index contributed by atoms with van der Waals surface area (Å²) in [6, 6.07) is 5.91. The highest BCUT2D eigenvalue weighted by Gasteiger charge is 2.51. The average Bonchev–Trinajstić information content (AvgIpc) is 2.54. The number of hydrogen-bond donors (Lipinski definition) is 1. The van der Waals surface area contributed by atoms with Gasteiger partial charge in [-0.3, -0.25) is 0 Å². The Morgan fingerprint density at radius 2 is 1.79 bits per heavy atom. The van der Waals surface area contributed by atoms with Crippen LogP contribution in [-0.2, 0) is 0 Å².